The molecule has 0 bridgehead atoms. The highest BCUT2D eigenvalue weighted by molar-refractivity contribution is 7.18. The number of thiazole rings is 1. The van der Waals surface area contributed by atoms with Gasteiger partial charge in [0.15, 0.2) is 0 Å². The standard InChI is InChI=1S/C21H30N6O2S/c1-6-13(4)18(11-23-27-22)26-21(29)17(24-14(5)28)10-20-25-16-8-7-15(12(2)3)9-19(16)30-20/h7-9,12-13,17-18H,6,10-11H2,1-5H3,(H,24,28)(H,26,29). The predicted octanol–water partition coefficient (Wildman–Crippen LogP) is 4.31. The molecule has 8 nitrogen and oxygen atoms in total. The van der Waals surface area contributed by atoms with Gasteiger partial charge < -0.3 is 10.6 Å². The average molecular weight is 431 g/mol. The molecule has 0 aliphatic heterocycles. The van der Waals surface area contributed by atoms with Crippen LogP contribution >= 0.6 is 11.3 Å². The summed E-state index contributed by atoms with van der Waals surface area (Å²) in [6.45, 7) is 9.85. The van der Waals surface area contributed by atoms with Crippen molar-refractivity contribution in [1.82, 2.24) is 15.6 Å². The lowest BCUT2D eigenvalue weighted by Crippen LogP contribution is -2.52. The molecule has 3 atom stereocenters. The molecule has 2 N–H and O–H groups in total. The van der Waals surface area contributed by atoms with Crippen LogP contribution < -0.4 is 10.6 Å². The third-order valence-electron chi connectivity index (χ3n) is 5.20. The van der Waals surface area contributed by atoms with Gasteiger partial charge in [-0.15, -0.1) is 11.3 Å². The first-order valence-electron chi connectivity index (χ1n) is 10.2. The van der Waals surface area contributed by atoms with Crippen molar-refractivity contribution in [3.63, 3.8) is 0 Å². The SMILES string of the molecule is CCC(C)C(CN=[N+]=[N-])NC(=O)C(Cc1nc2ccc(C(C)C)cc2s1)NC(C)=O. The average Bonchev–Trinajstić information content (AvgIpc) is 3.10. The second-order valence-electron chi connectivity index (χ2n) is 7.86. The molecule has 9 heteroatoms. The Hall–Kier alpha value is -2.64. The highest BCUT2D eigenvalue weighted by Crippen LogP contribution is 2.27. The van der Waals surface area contributed by atoms with E-state index in [0.717, 1.165) is 21.6 Å². The maximum absolute atomic E-state index is 13.0. The molecule has 3 unspecified atom stereocenters. The van der Waals surface area contributed by atoms with Gasteiger partial charge in [0.2, 0.25) is 11.8 Å². The summed E-state index contributed by atoms with van der Waals surface area (Å²) < 4.78 is 1.07. The number of hydrogen-bond acceptors (Lipinski definition) is 5. The van der Waals surface area contributed by atoms with Crippen LogP contribution in [0.4, 0.5) is 0 Å². The van der Waals surface area contributed by atoms with Crippen LogP contribution in [0.2, 0.25) is 0 Å². The minimum absolute atomic E-state index is 0.134. The van der Waals surface area contributed by atoms with Crippen molar-refractivity contribution in [2.75, 3.05) is 6.54 Å². The molecular weight excluding hydrogens is 400 g/mol. The first-order valence-corrected chi connectivity index (χ1v) is 11.0. The Labute approximate surface area is 181 Å². The molecule has 0 fully saturated rings. The van der Waals surface area contributed by atoms with Crippen molar-refractivity contribution in [3.8, 4) is 0 Å². The highest BCUT2D eigenvalue weighted by atomic mass is 32.1. The van der Waals surface area contributed by atoms with Crippen molar-refractivity contribution in [1.29, 1.82) is 0 Å². The number of benzene rings is 1. The summed E-state index contributed by atoms with van der Waals surface area (Å²) >= 11 is 1.54. The van der Waals surface area contributed by atoms with E-state index in [9.17, 15) is 9.59 Å². The Kier molecular flexibility index (Phi) is 8.62. The Bertz CT molecular complexity index is 935. The van der Waals surface area contributed by atoms with E-state index in [1.54, 1.807) is 0 Å². The summed E-state index contributed by atoms with van der Waals surface area (Å²) in [4.78, 5) is 32.1. The number of hydrogen-bond donors (Lipinski definition) is 2. The molecule has 2 amide bonds. The maximum Gasteiger partial charge on any atom is 0.243 e. The number of amides is 2. The summed E-state index contributed by atoms with van der Waals surface area (Å²) in [7, 11) is 0. The minimum atomic E-state index is -0.745. The third-order valence-corrected chi connectivity index (χ3v) is 6.24. The number of carbonyl (C=O) groups excluding carboxylic acids is 2. The molecule has 1 aromatic carbocycles. The number of rotatable bonds is 10. The van der Waals surface area contributed by atoms with Crippen LogP contribution in [0.5, 0.6) is 0 Å². The third kappa shape index (κ3) is 6.43. The summed E-state index contributed by atoms with van der Waals surface area (Å²) in [5.41, 5.74) is 10.8. The van der Waals surface area contributed by atoms with Gasteiger partial charge in [-0.2, -0.15) is 0 Å². The quantitative estimate of drug-likeness (QED) is 0.332. The highest BCUT2D eigenvalue weighted by Gasteiger charge is 2.26. The van der Waals surface area contributed by atoms with Crippen LogP contribution in [0.1, 0.15) is 57.5 Å². The van der Waals surface area contributed by atoms with Crippen LogP contribution in [-0.2, 0) is 16.0 Å². The van der Waals surface area contributed by atoms with E-state index < -0.39 is 6.04 Å². The lowest BCUT2D eigenvalue weighted by atomic mass is 9.98. The minimum Gasteiger partial charge on any atom is -0.351 e. The molecule has 30 heavy (non-hydrogen) atoms. The molecule has 1 aromatic heterocycles. The second kappa shape index (κ2) is 10.9. The number of aromatic nitrogens is 1. The Morgan fingerprint density at radius 2 is 2.00 bits per heavy atom. The zero-order chi connectivity index (χ0) is 22.3. The predicted molar refractivity (Wildman–Crippen MR) is 120 cm³/mol. The zero-order valence-corrected chi connectivity index (χ0v) is 19.0. The van der Waals surface area contributed by atoms with Gasteiger partial charge in [-0.1, -0.05) is 45.3 Å². The first-order chi connectivity index (χ1) is 14.2. The molecular formula is C21H30N6O2S. The summed E-state index contributed by atoms with van der Waals surface area (Å²) in [5, 5.41) is 10.1. The van der Waals surface area contributed by atoms with Gasteiger partial charge in [-0.05, 0) is 35.1 Å². The number of azide groups is 1. The molecule has 0 saturated carbocycles. The maximum atomic E-state index is 13.0. The largest absolute Gasteiger partial charge is 0.351 e. The number of carbonyl (C=O) groups is 2. The van der Waals surface area contributed by atoms with E-state index in [4.69, 9.17) is 5.53 Å². The fourth-order valence-corrected chi connectivity index (χ4v) is 4.19. The number of nitrogens with zero attached hydrogens (tertiary/aromatic N) is 4. The van der Waals surface area contributed by atoms with E-state index in [1.807, 2.05) is 19.9 Å². The van der Waals surface area contributed by atoms with Gasteiger partial charge in [0, 0.05) is 30.8 Å². The van der Waals surface area contributed by atoms with E-state index in [1.165, 1.54) is 23.8 Å². The van der Waals surface area contributed by atoms with Crippen LogP contribution in [0, 0.1) is 5.92 Å². The lowest BCUT2D eigenvalue weighted by molar-refractivity contribution is -0.128. The van der Waals surface area contributed by atoms with E-state index in [2.05, 4.69) is 51.6 Å². The van der Waals surface area contributed by atoms with Gasteiger partial charge in [0.25, 0.3) is 0 Å². The molecule has 0 aliphatic rings. The molecule has 2 rings (SSSR count). The normalized spacial score (nSPS) is 14.1. The second-order valence-corrected chi connectivity index (χ2v) is 8.98. The van der Waals surface area contributed by atoms with Crippen LogP contribution in [0.15, 0.2) is 23.3 Å². The Morgan fingerprint density at radius 1 is 1.27 bits per heavy atom. The van der Waals surface area contributed by atoms with Crippen molar-refractivity contribution in [2.24, 2.45) is 11.0 Å². The van der Waals surface area contributed by atoms with Gasteiger partial charge in [-0.3, -0.25) is 9.59 Å². The van der Waals surface area contributed by atoms with Gasteiger partial charge in [0.05, 0.1) is 15.2 Å². The zero-order valence-electron chi connectivity index (χ0n) is 18.2. The van der Waals surface area contributed by atoms with Crippen molar-refractivity contribution < 1.29 is 9.59 Å². The fraction of sp³-hybridized carbons (Fsp3) is 0.571. The van der Waals surface area contributed by atoms with Crippen molar-refractivity contribution in [2.45, 2.75) is 65.5 Å². The van der Waals surface area contributed by atoms with Crippen LogP contribution in [0.3, 0.4) is 0 Å². The van der Waals surface area contributed by atoms with Crippen molar-refractivity contribution in [3.05, 3.63) is 39.2 Å². The Balaban J connectivity index is 2.21. The van der Waals surface area contributed by atoms with E-state index in [-0.39, 0.29) is 30.3 Å². The van der Waals surface area contributed by atoms with Gasteiger partial charge in [0.1, 0.15) is 6.04 Å². The number of fused-ring (bicyclic) bond motifs is 1. The van der Waals surface area contributed by atoms with Gasteiger partial charge >= 0.3 is 0 Å². The Morgan fingerprint density at radius 3 is 2.60 bits per heavy atom. The van der Waals surface area contributed by atoms with Crippen LogP contribution in [0.25, 0.3) is 20.7 Å². The van der Waals surface area contributed by atoms with Crippen LogP contribution in [-0.4, -0.2) is 35.4 Å². The molecule has 0 aliphatic carbocycles. The molecule has 2 aromatic rings. The molecule has 0 spiro atoms. The summed E-state index contributed by atoms with van der Waals surface area (Å²) in [5.74, 6) is -0.0278. The summed E-state index contributed by atoms with van der Waals surface area (Å²) in [6, 6.07) is 5.16. The molecule has 0 radical (unpaired) electrons. The van der Waals surface area contributed by atoms with Gasteiger partial charge in [-0.25, -0.2) is 4.98 Å². The first kappa shape index (κ1) is 23.6. The van der Waals surface area contributed by atoms with Crippen molar-refractivity contribution >= 4 is 33.4 Å². The molecule has 1 heterocycles. The topological polar surface area (TPSA) is 120 Å². The van der Waals surface area contributed by atoms with E-state index in [0.29, 0.717) is 12.3 Å². The fourth-order valence-electron chi connectivity index (χ4n) is 3.12. The monoisotopic (exact) mass is 430 g/mol. The molecule has 0 saturated heterocycles. The smallest absolute Gasteiger partial charge is 0.243 e. The lowest BCUT2D eigenvalue weighted by Gasteiger charge is -2.25. The number of nitrogens with one attached hydrogen (secondary N) is 2. The van der Waals surface area contributed by atoms with E-state index >= 15 is 0 Å². The summed E-state index contributed by atoms with van der Waals surface area (Å²) in [6.07, 6.45) is 1.13. The molecule has 162 valence electrons.